The van der Waals surface area contributed by atoms with Gasteiger partial charge in [-0.3, -0.25) is 9.59 Å². The predicted octanol–water partition coefficient (Wildman–Crippen LogP) is 2.47. The summed E-state index contributed by atoms with van der Waals surface area (Å²) < 4.78 is 5.07. The van der Waals surface area contributed by atoms with Gasteiger partial charge in [-0.2, -0.15) is 0 Å². The molecule has 4 nitrogen and oxygen atoms in total. The van der Waals surface area contributed by atoms with E-state index in [-0.39, 0.29) is 12.5 Å². The topological polar surface area (TPSA) is 63.6 Å². The Labute approximate surface area is 97.0 Å². The van der Waals surface area contributed by atoms with Crippen LogP contribution in [-0.2, 0) is 14.3 Å². The maximum atomic E-state index is 12.0. The number of carboxylic acid groups (broad SMARTS) is 1. The van der Waals surface area contributed by atoms with Crippen LogP contribution in [0.4, 0.5) is 0 Å². The fourth-order valence-corrected chi connectivity index (χ4v) is 1.85. The van der Waals surface area contributed by atoms with Gasteiger partial charge in [0.1, 0.15) is 0 Å². The molecule has 16 heavy (non-hydrogen) atoms. The van der Waals surface area contributed by atoms with E-state index >= 15 is 0 Å². The molecule has 1 atom stereocenters. The smallest absolute Gasteiger partial charge is 0.324 e. The SMILES string of the molecule is CCC(C(=O)O)(C(=O)OC(C)C)C(C)(C)C. The van der Waals surface area contributed by atoms with Crippen LogP contribution in [0.15, 0.2) is 0 Å². The van der Waals surface area contributed by atoms with Crippen LogP contribution in [-0.4, -0.2) is 23.1 Å². The Morgan fingerprint density at radius 2 is 1.69 bits per heavy atom. The summed E-state index contributed by atoms with van der Waals surface area (Å²) in [7, 11) is 0. The molecule has 0 aliphatic carbocycles. The van der Waals surface area contributed by atoms with E-state index in [4.69, 9.17) is 4.74 Å². The standard InChI is InChI=1S/C12H22O4/c1-7-12(9(13)14,11(4,5)6)10(15)16-8(2)3/h8H,7H2,1-6H3,(H,13,14). The largest absolute Gasteiger partial charge is 0.480 e. The van der Waals surface area contributed by atoms with Gasteiger partial charge >= 0.3 is 11.9 Å². The molecule has 1 unspecified atom stereocenters. The van der Waals surface area contributed by atoms with Crippen LogP contribution in [0.25, 0.3) is 0 Å². The minimum Gasteiger partial charge on any atom is -0.480 e. The maximum absolute atomic E-state index is 12.0. The second-order valence-corrected chi connectivity index (χ2v) is 5.27. The van der Waals surface area contributed by atoms with Crippen LogP contribution in [0.3, 0.4) is 0 Å². The lowest BCUT2D eigenvalue weighted by molar-refractivity contribution is -0.180. The van der Waals surface area contributed by atoms with Crippen LogP contribution >= 0.6 is 0 Å². The molecular formula is C12H22O4. The Balaban J connectivity index is 5.39. The monoisotopic (exact) mass is 230 g/mol. The van der Waals surface area contributed by atoms with Crippen molar-refractivity contribution in [3.63, 3.8) is 0 Å². The van der Waals surface area contributed by atoms with Gasteiger partial charge in [-0.15, -0.1) is 0 Å². The summed E-state index contributed by atoms with van der Waals surface area (Å²) in [5, 5.41) is 9.34. The minimum atomic E-state index is -1.47. The van der Waals surface area contributed by atoms with Gasteiger partial charge in [0.15, 0.2) is 5.41 Å². The van der Waals surface area contributed by atoms with Crippen molar-refractivity contribution in [2.24, 2.45) is 10.8 Å². The fourth-order valence-electron chi connectivity index (χ4n) is 1.85. The summed E-state index contributed by atoms with van der Waals surface area (Å²) in [6.07, 6.45) is -0.0858. The predicted molar refractivity (Wildman–Crippen MR) is 61.0 cm³/mol. The molecule has 4 heteroatoms. The summed E-state index contributed by atoms with van der Waals surface area (Å²) in [4.78, 5) is 23.4. The quantitative estimate of drug-likeness (QED) is 0.595. The molecule has 0 bridgehead atoms. The molecular weight excluding hydrogens is 208 g/mol. The van der Waals surface area contributed by atoms with Crippen LogP contribution in [0, 0.1) is 10.8 Å². The third-order valence-corrected chi connectivity index (χ3v) is 2.87. The van der Waals surface area contributed by atoms with Crippen molar-refractivity contribution in [2.75, 3.05) is 0 Å². The van der Waals surface area contributed by atoms with Crippen molar-refractivity contribution >= 4 is 11.9 Å². The molecule has 0 aromatic carbocycles. The zero-order valence-corrected chi connectivity index (χ0v) is 11.0. The molecule has 0 aliphatic rings. The lowest BCUT2D eigenvalue weighted by atomic mass is 9.65. The molecule has 0 aliphatic heterocycles. The van der Waals surface area contributed by atoms with E-state index in [2.05, 4.69) is 0 Å². The summed E-state index contributed by atoms with van der Waals surface area (Å²) in [5.74, 6) is -1.77. The molecule has 94 valence electrons. The van der Waals surface area contributed by atoms with Gasteiger partial charge in [0.05, 0.1) is 6.10 Å². The zero-order valence-electron chi connectivity index (χ0n) is 11.0. The van der Waals surface area contributed by atoms with Gasteiger partial charge in [-0.05, 0) is 25.7 Å². The number of carboxylic acids is 1. The number of carbonyl (C=O) groups is 2. The highest BCUT2D eigenvalue weighted by Crippen LogP contribution is 2.43. The normalized spacial score (nSPS) is 15.7. The van der Waals surface area contributed by atoms with Crippen LogP contribution in [0.1, 0.15) is 48.0 Å². The Morgan fingerprint density at radius 3 is 1.88 bits per heavy atom. The summed E-state index contributed by atoms with van der Waals surface area (Å²) >= 11 is 0. The lowest BCUT2D eigenvalue weighted by Crippen LogP contribution is -2.50. The molecule has 0 heterocycles. The third kappa shape index (κ3) is 2.54. The van der Waals surface area contributed by atoms with Crippen LogP contribution in [0.2, 0.25) is 0 Å². The molecule has 0 rings (SSSR count). The molecule has 0 amide bonds. The third-order valence-electron chi connectivity index (χ3n) is 2.87. The maximum Gasteiger partial charge on any atom is 0.324 e. The molecule has 0 saturated carbocycles. The van der Waals surface area contributed by atoms with Crippen molar-refractivity contribution in [3.05, 3.63) is 0 Å². The van der Waals surface area contributed by atoms with Crippen molar-refractivity contribution in [3.8, 4) is 0 Å². The Hall–Kier alpha value is -1.06. The van der Waals surface area contributed by atoms with Crippen LogP contribution in [0.5, 0.6) is 0 Å². The summed E-state index contributed by atoms with van der Waals surface area (Å²) in [5.41, 5.74) is -2.16. The number of aliphatic carboxylic acids is 1. The van der Waals surface area contributed by atoms with Gasteiger partial charge in [0.25, 0.3) is 0 Å². The van der Waals surface area contributed by atoms with Gasteiger partial charge in [0.2, 0.25) is 0 Å². The van der Waals surface area contributed by atoms with E-state index in [9.17, 15) is 14.7 Å². The second-order valence-electron chi connectivity index (χ2n) is 5.27. The summed E-state index contributed by atoms with van der Waals surface area (Å²) in [6.45, 7) is 10.3. The first-order valence-corrected chi connectivity index (χ1v) is 5.54. The molecule has 0 aromatic rings. The number of carbonyl (C=O) groups excluding carboxylic acids is 1. The van der Waals surface area contributed by atoms with E-state index in [0.29, 0.717) is 0 Å². The molecule has 0 fully saturated rings. The van der Waals surface area contributed by atoms with Crippen molar-refractivity contribution < 1.29 is 19.4 Å². The van der Waals surface area contributed by atoms with E-state index < -0.39 is 22.8 Å². The molecule has 0 saturated heterocycles. The minimum absolute atomic E-state index is 0.220. The van der Waals surface area contributed by atoms with Gasteiger partial charge in [0, 0.05) is 0 Å². The Bertz CT molecular complexity index is 275. The Kier molecular flexibility index (Phi) is 4.53. The zero-order chi connectivity index (χ0) is 13.1. The lowest BCUT2D eigenvalue weighted by Gasteiger charge is -2.38. The van der Waals surface area contributed by atoms with Crippen molar-refractivity contribution in [1.29, 1.82) is 0 Å². The van der Waals surface area contributed by atoms with E-state index in [1.807, 2.05) is 0 Å². The molecule has 0 aromatic heterocycles. The second kappa shape index (κ2) is 4.85. The van der Waals surface area contributed by atoms with E-state index in [0.717, 1.165) is 0 Å². The number of rotatable bonds is 4. The van der Waals surface area contributed by atoms with E-state index in [1.54, 1.807) is 41.5 Å². The van der Waals surface area contributed by atoms with Crippen LogP contribution < -0.4 is 0 Å². The number of esters is 1. The number of ether oxygens (including phenoxy) is 1. The van der Waals surface area contributed by atoms with Gasteiger partial charge in [-0.1, -0.05) is 27.7 Å². The summed E-state index contributed by atoms with van der Waals surface area (Å²) in [6, 6.07) is 0. The molecule has 1 N–H and O–H groups in total. The highest BCUT2D eigenvalue weighted by atomic mass is 16.5. The van der Waals surface area contributed by atoms with E-state index in [1.165, 1.54) is 0 Å². The average molecular weight is 230 g/mol. The van der Waals surface area contributed by atoms with Crippen molar-refractivity contribution in [1.82, 2.24) is 0 Å². The van der Waals surface area contributed by atoms with Gasteiger partial charge in [-0.25, -0.2) is 0 Å². The molecule has 0 radical (unpaired) electrons. The average Bonchev–Trinajstić information content (AvgIpc) is 2.00. The Morgan fingerprint density at radius 1 is 1.25 bits per heavy atom. The first-order valence-electron chi connectivity index (χ1n) is 5.54. The highest BCUT2D eigenvalue weighted by molar-refractivity contribution is 6.00. The first kappa shape index (κ1) is 14.9. The number of hydrogen-bond acceptors (Lipinski definition) is 3. The van der Waals surface area contributed by atoms with Crippen molar-refractivity contribution in [2.45, 2.75) is 54.1 Å². The fraction of sp³-hybridized carbons (Fsp3) is 0.833. The highest BCUT2D eigenvalue weighted by Gasteiger charge is 2.55. The first-order chi connectivity index (χ1) is 7.09. The van der Waals surface area contributed by atoms with Gasteiger partial charge < -0.3 is 9.84 Å². The number of hydrogen-bond donors (Lipinski definition) is 1. The molecule has 0 spiro atoms.